The van der Waals surface area contributed by atoms with E-state index in [0.29, 0.717) is 5.95 Å². The smallest absolute Gasteiger partial charge is 0.235 e. The molecule has 0 unspecified atom stereocenters. The first-order chi connectivity index (χ1) is 23.3. The summed E-state index contributed by atoms with van der Waals surface area (Å²) in [4.78, 5) is 11.0. The van der Waals surface area contributed by atoms with Gasteiger partial charge in [-0.1, -0.05) is 109 Å². The van der Waals surface area contributed by atoms with Gasteiger partial charge in [-0.25, -0.2) is 9.97 Å². The SMILES string of the molecule is c1ccc(-c2nc(-n3c4ccccc4c4cc5sc6cccc7ccc(c5c76)c43)nc3c4ccccc4n(-c4ccccc4)c23)cc1. The first-order valence-electron chi connectivity index (χ1n) is 15.9. The molecule has 47 heavy (non-hydrogen) atoms. The minimum absolute atomic E-state index is 0.674. The third-order valence-electron chi connectivity index (χ3n) is 9.68. The van der Waals surface area contributed by atoms with E-state index >= 15 is 0 Å². The number of hydrogen-bond acceptors (Lipinski definition) is 3. The predicted molar refractivity (Wildman–Crippen MR) is 198 cm³/mol. The normalized spacial score (nSPS) is 12.3. The van der Waals surface area contributed by atoms with Crippen molar-refractivity contribution in [2.24, 2.45) is 0 Å². The molecule has 7 aromatic carbocycles. The van der Waals surface area contributed by atoms with E-state index in [1.165, 1.54) is 41.7 Å². The molecule has 0 spiro atoms. The van der Waals surface area contributed by atoms with Crippen molar-refractivity contribution in [2.45, 2.75) is 0 Å². The molecular weight excluding hydrogens is 593 g/mol. The maximum atomic E-state index is 5.53. The average molecular weight is 617 g/mol. The lowest BCUT2D eigenvalue weighted by Gasteiger charge is -2.14. The molecule has 4 nitrogen and oxygen atoms in total. The van der Waals surface area contributed by atoms with E-state index in [9.17, 15) is 0 Å². The van der Waals surface area contributed by atoms with Crippen LogP contribution in [0.25, 0.3) is 97.6 Å². The van der Waals surface area contributed by atoms with Gasteiger partial charge in [0.25, 0.3) is 0 Å². The van der Waals surface area contributed by atoms with Gasteiger partial charge in [-0.3, -0.25) is 4.57 Å². The molecule has 0 aliphatic heterocycles. The number of fused-ring (bicyclic) bond motifs is 7. The number of hydrogen-bond donors (Lipinski definition) is 0. The molecule has 0 atom stereocenters. The van der Waals surface area contributed by atoms with Gasteiger partial charge in [0.2, 0.25) is 5.95 Å². The third-order valence-corrected chi connectivity index (χ3v) is 10.8. The zero-order chi connectivity index (χ0) is 30.6. The van der Waals surface area contributed by atoms with Crippen LogP contribution in [0.5, 0.6) is 0 Å². The van der Waals surface area contributed by atoms with Crippen LogP contribution < -0.4 is 0 Å². The van der Waals surface area contributed by atoms with Gasteiger partial charge >= 0.3 is 0 Å². The Kier molecular flexibility index (Phi) is 4.96. The molecule has 0 bridgehead atoms. The Labute approximate surface area is 272 Å². The second kappa shape index (κ2) is 9.25. The summed E-state index contributed by atoms with van der Waals surface area (Å²) in [6.45, 7) is 0. The van der Waals surface area contributed by atoms with E-state index in [1.54, 1.807) is 0 Å². The first kappa shape index (κ1) is 25.2. The molecule has 0 aliphatic carbocycles. The third kappa shape index (κ3) is 3.36. The van der Waals surface area contributed by atoms with Crippen molar-refractivity contribution in [3.8, 4) is 22.9 Å². The standard InChI is InChI=1S/C42H24N4S/c1-3-12-26(13-4-1)38-41-39(29-18-8-10-20-33(29)45(41)27-15-5-2-6-16-27)44-42(43-38)46-32-19-9-7-17-28(32)31-24-35-37-30(40(31)46)23-22-25-14-11-21-34(47-35)36(25)37/h1-24H. The van der Waals surface area contributed by atoms with Crippen LogP contribution in [0.3, 0.4) is 0 Å². The number of aromatic nitrogens is 4. The van der Waals surface area contributed by atoms with Crippen molar-refractivity contribution in [3.05, 3.63) is 146 Å². The molecule has 0 radical (unpaired) electrons. The van der Waals surface area contributed by atoms with Crippen LogP contribution in [0.4, 0.5) is 0 Å². The highest BCUT2D eigenvalue weighted by molar-refractivity contribution is 7.26. The first-order valence-corrected chi connectivity index (χ1v) is 16.7. The fourth-order valence-corrected chi connectivity index (χ4v) is 8.94. The van der Waals surface area contributed by atoms with Crippen molar-refractivity contribution in [2.75, 3.05) is 0 Å². The molecule has 0 saturated carbocycles. The topological polar surface area (TPSA) is 35.6 Å². The number of thiophene rings is 1. The average Bonchev–Trinajstić information content (AvgIpc) is 3.79. The Morgan fingerprint density at radius 3 is 2.02 bits per heavy atom. The van der Waals surface area contributed by atoms with Crippen LogP contribution in [-0.4, -0.2) is 19.1 Å². The molecule has 218 valence electrons. The minimum atomic E-state index is 0.674. The van der Waals surface area contributed by atoms with Crippen LogP contribution in [0.2, 0.25) is 0 Å². The largest absolute Gasteiger partial charge is 0.306 e. The molecular formula is C42H24N4S. The number of benzene rings is 7. The van der Waals surface area contributed by atoms with Gasteiger partial charge in [-0.15, -0.1) is 11.3 Å². The zero-order valence-electron chi connectivity index (χ0n) is 25.1. The highest BCUT2D eigenvalue weighted by Gasteiger charge is 2.25. The summed E-state index contributed by atoms with van der Waals surface area (Å²) in [7, 11) is 0. The van der Waals surface area contributed by atoms with Crippen molar-refractivity contribution >= 4 is 86.0 Å². The number of rotatable bonds is 3. The lowest BCUT2D eigenvalue weighted by molar-refractivity contribution is 1.01. The Balaban J connectivity index is 1.35. The van der Waals surface area contributed by atoms with Gasteiger partial charge in [0, 0.05) is 53.0 Å². The van der Waals surface area contributed by atoms with Crippen LogP contribution in [0.15, 0.2) is 146 Å². The van der Waals surface area contributed by atoms with Crippen molar-refractivity contribution in [1.29, 1.82) is 0 Å². The summed E-state index contributed by atoms with van der Waals surface area (Å²) in [6.07, 6.45) is 0. The quantitative estimate of drug-likeness (QED) is 0.185. The maximum absolute atomic E-state index is 5.53. The molecule has 0 saturated heterocycles. The summed E-state index contributed by atoms with van der Waals surface area (Å²) in [5.74, 6) is 0.674. The monoisotopic (exact) mass is 616 g/mol. The van der Waals surface area contributed by atoms with Crippen LogP contribution in [-0.2, 0) is 0 Å². The summed E-state index contributed by atoms with van der Waals surface area (Å²) in [5.41, 5.74) is 8.35. The number of para-hydroxylation sites is 3. The van der Waals surface area contributed by atoms with Crippen LogP contribution in [0, 0.1) is 0 Å². The van der Waals surface area contributed by atoms with E-state index in [-0.39, 0.29) is 0 Å². The van der Waals surface area contributed by atoms with E-state index < -0.39 is 0 Å². The van der Waals surface area contributed by atoms with Gasteiger partial charge in [-0.05, 0) is 41.8 Å². The maximum Gasteiger partial charge on any atom is 0.235 e. The summed E-state index contributed by atoms with van der Waals surface area (Å²) in [6, 6.07) is 51.9. The Hall–Kier alpha value is -6.04. The molecule has 0 fully saturated rings. The Morgan fingerprint density at radius 1 is 0.468 bits per heavy atom. The van der Waals surface area contributed by atoms with Crippen molar-refractivity contribution in [1.82, 2.24) is 19.1 Å². The van der Waals surface area contributed by atoms with Crippen molar-refractivity contribution < 1.29 is 0 Å². The van der Waals surface area contributed by atoms with E-state index in [2.05, 4.69) is 155 Å². The van der Waals surface area contributed by atoms with Gasteiger partial charge in [0.1, 0.15) is 11.2 Å². The van der Waals surface area contributed by atoms with Crippen molar-refractivity contribution in [3.63, 3.8) is 0 Å². The molecule has 4 heterocycles. The summed E-state index contributed by atoms with van der Waals surface area (Å²) >= 11 is 1.88. The molecule has 0 N–H and O–H groups in total. The van der Waals surface area contributed by atoms with Gasteiger partial charge in [0.05, 0.1) is 22.1 Å². The second-order valence-electron chi connectivity index (χ2n) is 12.2. The molecule has 5 heteroatoms. The van der Waals surface area contributed by atoms with Gasteiger partial charge in [-0.2, -0.15) is 0 Å². The van der Waals surface area contributed by atoms with E-state index in [4.69, 9.17) is 9.97 Å². The Morgan fingerprint density at radius 2 is 1.19 bits per heavy atom. The molecule has 11 aromatic rings. The van der Waals surface area contributed by atoms with Gasteiger partial charge < -0.3 is 4.57 Å². The predicted octanol–water partition coefficient (Wildman–Crippen LogP) is 11.3. The second-order valence-corrected chi connectivity index (χ2v) is 13.3. The lowest BCUT2D eigenvalue weighted by atomic mass is 9.99. The zero-order valence-corrected chi connectivity index (χ0v) is 25.9. The van der Waals surface area contributed by atoms with E-state index in [1.807, 2.05) is 11.3 Å². The highest BCUT2D eigenvalue weighted by atomic mass is 32.1. The van der Waals surface area contributed by atoms with Crippen LogP contribution >= 0.6 is 11.3 Å². The summed E-state index contributed by atoms with van der Waals surface area (Å²) in [5, 5.41) is 8.70. The van der Waals surface area contributed by atoms with E-state index in [0.717, 1.165) is 49.9 Å². The number of nitrogens with zero attached hydrogens (tertiary/aromatic N) is 4. The highest BCUT2D eigenvalue weighted by Crippen LogP contribution is 2.46. The fraction of sp³-hybridized carbons (Fsp3) is 0. The molecule has 0 amide bonds. The Bertz CT molecular complexity index is 3000. The fourth-order valence-electron chi connectivity index (χ4n) is 7.74. The molecule has 11 rings (SSSR count). The molecule has 4 aromatic heterocycles. The summed E-state index contributed by atoms with van der Waals surface area (Å²) < 4.78 is 7.26. The van der Waals surface area contributed by atoms with Gasteiger partial charge in [0.15, 0.2) is 0 Å². The minimum Gasteiger partial charge on any atom is -0.306 e. The molecule has 0 aliphatic rings. The van der Waals surface area contributed by atoms with Crippen LogP contribution in [0.1, 0.15) is 0 Å². The lowest BCUT2D eigenvalue weighted by Crippen LogP contribution is -2.05.